The lowest BCUT2D eigenvalue weighted by Gasteiger charge is -2.07. The van der Waals surface area contributed by atoms with Gasteiger partial charge in [0.1, 0.15) is 0 Å². The molecule has 0 aliphatic rings. The first-order valence-electron chi connectivity index (χ1n) is 11.4. The Balaban J connectivity index is 0.000000632. The quantitative estimate of drug-likeness (QED) is 0.229. The van der Waals surface area contributed by atoms with Crippen LogP contribution in [0.25, 0.3) is 0 Å². The third kappa shape index (κ3) is 9.91. The van der Waals surface area contributed by atoms with Crippen molar-refractivity contribution < 1.29 is 59.4 Å². The first kappa shape index (κ1) is 33.6. The first-order chi connectivity index (χ1) is 17.9. The normalized spacial score (nSPS) is 9.68. The molecule has 0 amide bonds. The second-order valence-corrected chi connectivity index (χ2v) is 7.47. The number of ketones is 2. The molecule has 206 valence electrons. The zero-order chi connectivity index (χ0) is 29.4. The van der Waals surface area contributed by atoms with E-state index in [1.54, 1.807) is 13.8 Å². The molecular formula is C26H30O12. The largest absolute Gasteiger partial charge is 0.478 e. The summed E-state index contributed by atoms with van der Waals surface area (Å²) in [7, 11) is 0. The molecule has 0 saturated carbocycles. The molecule has 38 heavy (non-hydrogen) atoms. The molecule has 0 unspecified atom stereocenters. The maximum Gasteiger partial charge on any atom is 0.337 e. The van der Waals surface area contributed by atoms with Gasteiger partial charge in [-0.3, -0.25) is 9.59 Å². The number of aliphatic hydroxyl groups excluding tert-OH is 2. The van der Waals surface area contributed by atoms with Gasteiger partial charge in [0.25, 0.3) is 0 Å². The van der Waals surface area contributed by atoms with Crippen molar-refractivity contribution in [1.82, 2.24) is 0 Å². The summed E-state index contributed by atoms with van der Waals surface area (Å²) in [5, 5.41) is 51.0. The smallest absolute Gasteiger partial charge is 0.337 e. The maximum atomic E-state index is 11.7. The van der Waals surface area contributed by atoms with Crippen LogP contribution in [0.4, 0.5) is 0 Å². The van der Waals surface area contributed by atoms with E-state index in [2.05, 4.69) is 0 Å². The van der Waals surface area contributed by atoms with Gasteiger partial charge in [-0.25, -0.2) is 19.2 Å². The van der Waals surface area contributed by atoms with Crippen molar-refractivity contribution in [3.05, 3.63) is 69.8 Å². The van der Waals surface area contributed by atoms with Crippen molar-refractivity contribution >= 4 is 35.4 Å². The van der Waals surface area contributed by atoms with Crippen molar-refractivity contribution in [2.24, 2.45) is 0 Å². The minimum atomic E-state index is -1.40. The van der Waals surface area contributed by atoms with Crippen molar-refractivity contribution in [2.75, 3.05) is 13.2 Å². The molecule has 0 fully saturated rings. The molecule has 0 aromatic heterocycles. The zero-order valence-corrected chi connectivity index (χ0v) is 20.8. The van der Waals surface area contributed by atoms with Crippen LogP contribution in [0.15, 0.2) is 36.4 Å². The highest BCUT2D eigenvalue weighted by molar-refractivity contribution is 6.12. The van der Waals surface area contributed by atoms with Gasteiger partial charge < -0.3 is 30.6 Å². The van der Waals surface area contributed by atoms with Gasteiger partial charge in [0, 0.05) is 24.0 Å². The van der Waals surface area contributed by atoms with Crippen molar-refractivity contribution in [3.63, 3.8) is 0 Å². The molecule has 0 radical (unpaired) electrons. The van der Waals surface area contributed by atoms with E-state index >= 15 is 0 Å². The topological polar surface area (TPSA) is 224 Å². The summed E-state index contributed by atoms with van der Waals surface area (Å²) in [5.74, 6) is -6.21. The molecular weight excluding hydrogens is 504 g/mol. The molecule has 0 atom stereocenters. The predicted molar refractivity (Wildman–Crippen MR) is 133 cm³/mol. The van der Waals surface area contributed by atoms with Gasteiger partial charge in [0.15, 0.2) is 11.6 Å². The molecule has 0 bridgehead atoms. The Bertz CT molecular complexity index is 1080. The number of hydrogen-bond donors (Lipinski definition) is 6. The second kappa shape index (κ2) is 17.1. The third-order valence-electron chi connectivity index (χ3n) is 4.67. The predicted octanol–water partition coefficient (Wildman–Crippen LogP) is 3.10. The Kier molecular flexibility index (Phi) is 15.1. The molecule has 6 N–H and O–H groups in total. The monoisotopic (exact) mass is 534 g/mol. The number of carboxylic acids is 4. The van der Waals surface area contributed by atoms with E-state index < -0.39 is 35.0 Å². The van der Waals surface area contributed by atoms with E-state index in [0.717, 1.165) is 0 Å². The van der Waals surface area contributed by atoms with E-state index in [-0.39, 0.29) is 59.9 Å². The molecule has 12 nitrogen and oxygen atoms in total. The number of carboxylic acid groups (broad SMARTS) is 4. The highest BCUT2D eigenvalue weighted by atomic mass is 16.4. The highest BCUT2D eigenvalue weighted by Gasteiger charge is 2.24. The molecule has 0 aliphatic carbocycles. The van der Waals surface area contributed by atoms with Gasteiger partial charge in [0.05, 0.1) is 35.5 Å². The first-order valence-corrected chi connectivity index (χ1v) is 11.4. The van der Waals surface area contributed by atoms with Gasteiger partial charge in [-0.1, -0.05) is 38.1 Å². The van der Waals surface area contributed by atoms with Crippen LogP contribution in [0.2, 0.25) is 0 Å². The van der Waals surface area contributed by atoms with Crippen LogP contribution in [-0.2, 0) is 0 Å². The fourth-order valence-corrected chi connectivity index (χ4v) is 3.11. The lowest BCUT2D eigenvalue weighted by Crippen LogP contribution is -2.14. The molecule has 2 rings (SSSR count). The van der Waals surface area contributed by atoms with Crippen molar-refractivity contribution in [2.45, 2.75) is 39.5 Å². The number of hydrogen-bond acceptors (Lipinski definition) is 8. The van der Waals surface area contributed by atoms with Crippen LogP contribution in [0.5, 0.6) is 0 Å². The molecule has 0 aliphatic heterocycles. The summed E-state index contributed by atoms with van der Waals surface area (Å²) in [6.07, 6.45) is 1.55. The SMILES string of the molecule is CCCC(=O)c1cccc(C(=O)O)c1C(=O)O.CCCC(=O)c1cccc(C(=O)O)c1C(=O)O.OCCO. The number of aliphatic hydroxyl groups is 2. The highest BCUT2D eigenvalue weighted by Crippen LogP contribution is 2.19. The number of carbonyl (C=O) groups is 6. The lowest BCUT2D eigenvalue weighted by molar-refractivity contribution is 0.0649. The molecule has 0 saturated heterocycles. The number of carbonyl (C=O) groups excluding carboxylic acids is 2. The molecule has 2 aromatic carbocycles. The average Bonchev–Trinajstić information content (AvgIpc) is 2.88. The minimum absolute atomic E-state index is 0.0424. The minimum Gasteiger partial charge on any atom is -0.478 e. The van der Waals surface area contributed by atoms with E-state index in [1.165, 1.54) is 36.4 Å². The Morgan fingerprint density at radius 2 is 0.816 bits per heavy atom. The fraction of sp³-hybridized carbons (Fsp3) is 0.308. The van der Waals surface area contributed by atoms with Gasteiger partial charge in [-0.2, -0.15) is 0 Å². The van der Waals surface area contributed by atoms with Crippen LogP contribution < -0.4 is 0 Å². The van der Waals surface area contributed by atoms with Crippen LogP contribution in [0.1, 0.15) is 102 Å². The number of aromatic carboxylic acids is 4. The number of benzene rings is 2. The van der Waals surface area contributed by atoms with Crippen LogP contribution in [0.3, 0.4) is 0 Å². The molecule has 0 spiro atoms. The van der Waals surface area contributed by atoms with E-state index in [1.807, 2.05) is 0 Å². The summed E-state index contributed by atoms with van der Waals surface area (Å²) in [4.78, 5) is 67.2. The maximum absolute atomic E-state index is 11.7. The van der Waals surface area contributed by atoms with Crippen molar-refractivity contribution in [3.8, 4) is 0 Å². The second-order valence-electron chi connectivity index (χ2n) is 7.47. The van der Waals surface area contributed by atoms with Gasteiger partial charge >= 0.3 is 23.9 Å². The van der Waals surface area contributed by atoms with Crippen molar-refractivity contribution in [1.29, 1.82) is 0 Å². The summed E-state index contributed by atoms with van der Waals surface area (Å²) in [6, 6.07) is 7.78. The molecule has 0 heterocycles. The van der Waals surface area contributed by atoms with E-state index in [0.29, 0.717) is 12.8 Å². The zero-order valence-electron chi connectivity index (χ0n) is 20.8. The summed E-state index contributed by atoms with van der Waals surface area (Å²) < 4.78 is 0. The Labute approximate surface area is 217 Å². The lowest BCUT2D eigenvalue weighted by atomic mass is 9.96. The molecule has 2 aromatic rings. The van der Waals surface area contributed by atoms with Gasteiger partial charge in [0.2, 0.25) is 0 Å². The summed E-state index contributed by atoms with van der Waals surface area (Å²) in [6.45, 7) is 3.33. The number of Topliss-reactive ketones (excluding diaryl/α,β-unsaturated/α-hetero) is 2. The Hall–Kier alpha value is -4.42. The van der Waals surface area contributed by atoms with Gasteiger partial charge in [-0.15, -0.1) is 0 Å². The summed E-state index contributed by atoms with van der Waals surface area (Å²) in [5.41, 5.74) is -1.67. The fourth-order valence-electron chi connectivity index (χ4n) is 3.11. The third-order valence-corrected chi connectivity index (χ3v) is 4.67. The Morgan fingerprint density at radius 3 is 1.03 bits per heavy atom. The van der Waals surface area contributed by atoms with Crippen LogP contribution in [0, 0.1) is 0 Å². The van der Waals surface area contributed by atoms with E-state index in [9.17, 15) is 28.8 Å². The summed E-state index contributed by atoms with van der Waals surface area (Å²) >= 11 is 0. The van der Waals surface area contributed by atoms with E-state index in [4.69, 9.17) is 30.6 Å². The van der Waals surface area contributed by atoms with Gasteiger partial charge in [-0.05, 0) is 25.0 Å². The van der Waals surface area contributed by atoms with Crippen LogP contribution in [-0.4, -0.2) is 79.3 Å². The van der Waals surface area contributed by atoms with Crippen LogP contribution >= 0.6 is 0 Å². The molecule has 12 heteroatoms. The average molecular weight is 535 g/mol. The Morgan fingerprint density at radius 1 is 0.526 bits per heavy atom. The standard InChI is InChI=1S/2C12H12O5.C2H6O2/c2*1-2-4-9(13)7-5-3-6-8(11(14)15)10(7)12(16)17;3-1-2-4/h2*3,5-6H,2,4H2,1H3,(H,14,15)(H,16,17);3-4H,1-2H2. The number of rotatable bonds is 11.